The molecule has 5 N–H and O–H groups in total. The molecule has 1 rings (SSSR count). The molecule has 0 saturated heterocycles. The summed E-state index contributed by atoms with van der Waals surface area (Å²) in [6, 6.07) is 0.138. The maximum absolute atomic E-state index is 6.08. The summed E-state index contributed by atoms with van der Waals surface area (Å²) in [5.74, 6) is 1.03. The lowest BCUT2D eigenvalue weighted by atomic mass is 10.0. The van der Waals surface area contributed by atoms with Crippen molar-refractivity contribution in [3.05, 3.63) is 0 Å². The van der Waals surface area contributed by atoms with Gasteiger partial charge >= 0.3 is 0 Å². The number of aliphatic imine (C=N–C) groups is 1. The summed E-state index contributed by atoms with van der Waals surface area (Å²) in [4.78, 5) is 4.37. The Labute approximate surface area is 118 Å². The van der Waals surface area contributed by atoms with Crippen LogP contribution in [0.15, 0.2) is 4.99 Å². The average molecular weight is 268 g/mol. The average Bonchev–Trinajstić information content (AvgIpc) is 2.95. The monoisotopic (exact) mass is 268 g/mol. The highest BCUT2D eigenvalue weighted by Gasteiger charge is 2.13. The number of unbranched alkanes of at least 4 members (excludes halogenated alkanes) is 8. The van der Waals surface area contributed by atoms with Crippen LogP contribution in [0.25, 0.3) is 0 Å². The van der Waals surface area contributed by atoms with Crippen molar-refractivity contribution in [1.29, 1.82) is 0 Å². The third kappa shape index (κ3) is 8.22. The van der Waals surface area contributed by atoms with Crippen LogP contribution in [0.5, 0.6) is 0 Å². The summed E-state index contributed by atoms with van der Waals surface area (Å²) >= 11 is 0. The minimum absolute atomic E-state index is 0.138. The summed E-state index contributed by atoms with van der Waals surface area (Å²) in [7, 11) is 0. The lowest BCUT2D eigenvalue weighted by Crippen LogP contribution is -2.37. The van der Waals surface area contributed by atoms with E-state index >= 15 is 0 Å². The van der Waals surface area contributed by atoms with Crippen LogP contribution in [0.1, 0.15) is 64.2 Å². The largest absolute Gasteiger partial charge is 0.371 e. The first kappa shape index (κ1) is 16.4. The lowest BCUT2D eigenvalue weighted by molar-refractivity contribution is 0.546. The van der Waals surface area contributed by atoms with Gasteiger partial charge < -0.3 is 16.8 Å². The topological polar surface area (TPSA) is 76.4 Å². The summed E-state index contributed by atoms with van der Waals surface area (Å²) in [6.07, 6.45) is 12.9. The summed E-state index contributed by atoms with van der Waals surface area (Å²) < 4.78 is 0. The molecular weight excluding hydrogens is 236 g/mol. The van der Waals surface area contributed by atoms with E-state index in [9.17, 15) is 0 Å². The quantitative estimate of drug-likeness (QED) is 0.475. The van der Waals surface area contributed by atoms with Crippen LogP contribution in [0.2, 0.25) is 0 Å². The Morgan fingerprint density at radius 2 is 1.53 bits per heavy atom. The fraction of sp³-hybridized carbons (Fsp3) is 0.933. The van der Waals surface area contributed by atoms with Gasteiger partial charge in [0.1, 0.15) is 5.84 Å². The van der Waals surface area contributed by atoms with Gasteiger partial charge in [0.25, 0.3) is 0 Å². The number of nitrogens with one attached hydrogen (secondary N) is 1. The Hall–Kier alpha value is -0.610. The zero-order chi connectivity index (χ0) is 13.8. The van der Waals surface area contributed by atoms with Crippen molar-refractivity contribution >= 4 is 5.84 Å². The fourth-order valence-corrected chi connectivity index (χ4v) is 2.55. The maximum Gasteiger partial charge on any atom is 0.113 e. The normalized spacial score (nSPS) is 16.2. The van der Waals surface area contributed by atoms with Crippen molar-refractivity contribution < 1.29 is 0 Å². The minimum atomic E-state index is 0.138. The van der Waals surface area contributed by atoms with Crippen molar-refractivity contribution in [1.82, 2.24) is 5.32 Å². The van der Waals surface area contributed by atoms with Gasteiger partial charge in [0, 0.05) is 6.54 Å². The molecule has 0 spiro atoms. The van der Waals surface area contributed by atoms with Crippen LogP contribution < -0.4 is 16.8 Å². The van der Waals surface area contributed by atoms with E-state index in [0.29, 0.717) is 0 Å². The van der Waals surface area contributed by atoms with Crippen molar-refractivity contribution in [3.63, 3.8) is 0 Å². The van der Waals surface area contributed by atoms with Crippen LogP contribution in [-0.4, -0.2) is 31.5 Å². The third-order valence-corrected chi connectivity index (χ3v) is 3.77. The molecule has 1 aliphatic heterocycles. The van der Waals surface area contributed by atoms with Crippen molar-refractivity contribution in [3.8, 4) is 0 Å². The Bertz CT molecular complexity index is 240. The first-order valence-electron chi connectivity index (χ1n) is 8.08. The van der Waals surface area contributed by atoms with Crippen molar-refractivity contribution in [2.24, 2.45) is 16.5 Å². The molecule has 0 bridgehead atoms. The Morgan fingerprint density at radius 1 is 0.947 bits per heavy atom. The molecule has 19 heavy (non-hydrogen) atoms. The molecule has 4 nitrogen and oxygen atoms in total. The van der Waals surface area contributed by atoms with E-state index in [0.717, 1.165) is 31.9 Å². The number of rotatable bonds is 12. The molecule has 1 heterocycles. The number of nitrogens with zero attached hydrogens (tertiary/aromatic N) is 1. The van der Waals surface area contributed by atoms with Crippen molar-refractivity contribution in [2.75, 3.05) is 19.6 Å². The van der Waals surface area contributed by atoms with E-state index in [1.165, 1.54) is 57.8 Å². The molecule has 112 valence electrons. The van der Waals surface area contributed by atoms with Gasteiger partial charge in [-0.3, -0.25) is 4.99 Å². The predicted molar refractivity (Wildman–Crippen MR) is 83.5 cm³/mol. The molecule has 0 saturated carbocycles. The second-order valence-electron chi connectivity index (χ2n) is 5.56. The first-order valence-corrected chi connectivity index (χ1v) is 8.08. The van der Waals surface area contributed by atoms with Gasteiger partial charge in [0.2, 0.25) is 0 Å². The van der Waals surface area contributed by atoms with E-state index in [4.69, 9.17) is 11.5 Å². The molecular formula is C15H32N4. The summed E-state index contributed by atoms with van der Waals surface area (Å²) in [5.41, 5.74) is 11.6. The molecule has 1 atom stereocenters. The van der Waals surface area contributed by atoms with Gasteiger partial charge in [-0.15, -0.1) is 0 Å². The Balaban J connectivity index is 1.80. The number of hydrogen-bond acceptors (Lipinski definition) is 4. The lowest BCUT2D eigenvalue weighted by Gasteiger charge is -2.11. The zero-order valence-corrected chi connectivity index (χ0v) is 12.4. The predicted octanol–water partition coefficient (Wildman–Crippen LogP) is 2.18. The number of amidine groups is 1. The van der Waals surface area contributed by atoms with Gasteiger partial charge in [-0.1, -0.05) is 51.4 Å². The molecule has 4 heteroatoms. The van der Waals surface area contributed by atoms with Gasteiger partial charge in [-0.25, -0.2) is 0 Å². The molecule has 0 fully saturated rings. The molecule has 1 unspecified atom stereocenters. The van der Waals surface area contributed by atoms with Gasteiger partial charge in [0.15, 0.2) is 0 Å². The molecule has 0 aromatic carbocycles. The highest BCUT2D eigenvalue weighted by Crippen LogP contribution is 2.11. The summed E-state index contributed by atoms with van der Waals surface area (Å²) in [5, 5.41) is 3.26. The fourth-order valence-electron chi connectivity index (χ4n) is 2.55. The third-order valence-electron chi connectivity index (χ3n) is 3.77. The molecule has 0 aromatic rings. The van der Waals surface area contributed by atoms with E-state index in [1.54, 1.807) is 0 Å². The number of nitrogens with two attached hydrogens (primary N) is 2. The second-order valence-corrected chi connectivity index (χ2v) is 5.56. The minimum Gasteiger partial charge on any atom is -0.371 e. The highest BCUT2D eigenvalue weighted by atomic mass is 15.1. The van der Waals surface area contributed by atoms with Gasteiger partial charge in [-0.2, -0.15) is 0 Å². The van der Waals surface area contributed by atoms with E-state index in [1.807, 2.05) is 0 Å². The van der Waals surface area contributed by atoms with Crippen LogP contribution >= 0.6 is 0 Å². The van der Waals surface area contributed by atoms with Gasteiger partial charge in [-0.05, 0) is 19.4 Å². The smallest absolute Gasteiger partial charge is 0.113 e. The standard InChI is InChI=1S/C15H32N4/c16-11-9-7-5-3-1-2-4-6-8-10-14(17)15-18-12-13-19-15/h14H,1-13,16-17H2,(H,18,19). The molecule has 1 aliphatic rings. The molecule has 0 aromatic heterocycles. The molecule has 0 amide bonds. The van der Waals surface area contributed by atoms with Gasteiger partial charge in [0.05, 0.1) is 12.6 Å². The van der Waals surface area contributed by atoms with E-state index in [-0.39, 0.29) is 6.04 Å². The van der Waals surface area contributed by atoms with Crippen molar-refractivity contribution in [2.45, 2.75) is 70.3 Å². The van der Waals surface area contributed by atoms with E-state index in [2.05, 4.69) is 10.3 Å². The molecule has 0 radical (unpaired) electrons. The first-order chi connectivity index (χ1) is 9.34. The summed E-state index contributed by atoms with van der Waals surface area (Å²) in [6.45, 7) is 2.71. The highest BCUT2D eigenvalue weighted by molar-refractivity contribution is 5.88. The zero-order valence-electron chi connectivity index (χ0n) is 12.4. The number of hydrogen-bond donors (Lipinski definition) is 3. The van der Waals surface area contributed by atoms with Crippen LogP contribution in [0, 0.1) is 0 Å². The molecule has 0 aliphatic carbocycles. The second kappa shape index (κ2) is 11.2. The van der Waals surface area contributed by atoms with E-state index < -0.39 is 0 Å². The Morgan fingerprint density at radius 3 is 2.05 bits per heavy atom. The Kier molecular flexibility index (Phi) is 9.72. The van der Waals surface area contributed by atoms with Crippen LogP contribution in [-0.2, 0) is 0 Å². The van der Waals surface area contributed by atoms with Crippen LogP contribution in [0.4, 0.5) is 0 Å². The SMILES string of the molecule is NCCCCCCCCCCCC(N)C1=NCCN1. The van der Waals surface area contributed by atoms with Crippen LogP contribution in [0.3, 0.4) is 0 Å². The maximum atomic E-state index is 6.08.